The van der Waals surface area contributed by atoms with Crippen molar-refractivity contribution in [1.82, 2.24) is 9.78 Å². The number of rotatable bonds is 2. The molecule has 0 saturated heterocycles. The molecule has 0 unspecified atom stereocenters. The van der Waals surface area contributed by atoms with E-state index in [0.29, 0.717) is 21.3 Å². The predicted octanol–water partition coefficient (Wildman–Crippen LogP) is 4.98. The zero-order chi connectivity index (χ0) is 17.6. The molecule has 4 rings (SSSR count). The average Bonchev–Trinajstić information content (AvgIpc) is 3.07. The van der Waals surface area contributed by atoms with Crippen molar-refractivity contribution < 1.29 is 4.79 Å². The summed E-state index contributed by atoms with van der Waals surface area (Å²) in [5.74, 6) is -0.180. The molecule has 25 heavy (non-hydrogen) atoms. The Hall–Kier alpha value is -2.56. The van der Waals surface area contributed by atoms with Gasteiger partial charge in [0.15, 0.2) is 0 Å². The Balaban J connectivity index is 1.85. The molecule has 3 aromatic rings. The van der Waals surface area contributed by atoms with Crippen molar-refractivity contribution in [3.8, 4) is 5.69 Å². The molecule has 0 saturated carbocycles. The number of para-hydroxylation sites is 1. The number of aromatic nitrogens is 2. The van der Waals surface area contributed by atoms with Gasteiger partial charge < -0.3 is 5.32 Å². The van der Waals surface area contributed by atoms with Gasteiger partial charge in [-0.1, -0.05) is 41.4 Å². The minimum Gasteiger partial charge on any atom is -0.321 e. The van der Waals surface area contributed by atoms with Crippen LogP contribution >= 0.6 is 23.2 Å². The maximum atomic E-state index is 12.4. The van der Waals surface area contributed by atoms with Crippen molar-refractivity contribution in [3.05, 3.63) is 75.5 Å². The molecule has 0 radical (unpaired) electrons. The number of nitrogens with one attached hydrogen (secondary N) is 1. The van der Waals surface area contributed by atoms with Gasteiger partial charge >= 0.3 is 0 Å². The molecule has 2 aromatic carbocycles. The molecule has 1 aliphatic heterocycles. The summed E-state index contributed by atoms with van der Waals surface area (Å²) in [5.41, 5.74) is 4.34. The molecule has 6 heteroatoms. The highest BCUT2D eigenvalue weighted by Gasteiger charge is 2.25. The van der Waals surface area contributed by atoms with Crippen LogP contribution in [0.3, 0.4) is 0 Å². The molecule has 2 heterocycles. The number of aryl methyl sites for hydroxylation is 1. The van der Waals surface area contributed by atoms with E-state index in [1.54, 1.807) is 29.0 Å². The molecule has 4 nitrogen and oxygen atoms in total. The predicted molar refractivity (Wildman–Crippen MR) is 101 cm³/mol. The van der Waals surface area contributed by atoms with Gasteiger partial charge in [0.05, 0.1) is 11.4 Å². The van der Waals surface area contributed by atoms with Crippen molar-refractivity contribution in [2.45, 2.75) is 6.92 Å². The van der Waals surface area contributed by atoms with E-state index >= 15 is 0 Å². The number of halogens is 2. The number of carbonyl (C=O) groups excluding carboxylic acids is 1. The molecule has 1 aromatic heterocycles. The highest BCUT2D eigenvalue weighted by molar-refractivity contribution is 6.38. The third kappa shape index (κ3) is 2.73. The maximum Gasteiger partial charge on any atom is 0.256 e. The standard InChI is InChI=1S/C19H13Cl2N3O/c1-11-14(18(21)24(23-11)13-5-3-2-4-6-13)10-16-15-9-12(20)7-8-17(15)22-19(16)25/h2-10H,1H3,(H,22,25)/b16-10-. The van der Waals surface area contributed by atoms with Crippen LogP contribution in [0.25, 0.3) is 17.3 Å². The molecule has 1 amide bonds. The number of nitrogens with zero attached hydrogens (tertiary/aromatic N) is 2. The van der Waals surface area contributed by atoms with E-state index in [2.05, 4.69) is 10.4 Å². The van der Waals surface area contributed by atoms with Gasteiger partial charge in [0.25, 0.3) is 5.91 Å². The maximum absolute atomic E-state index is 12.4. The monoisotopic (exact) mass is 369 g/mol. The minimum absolute atomic E-state index is 0.180. The topological polar surface area (TPSA) is 46.9 Å². The first kappa shape index (κ1) is 15.9. The zero-order valence-corrected chi connectivity index (χ0v) is 14.8. The first-order valence-corrected chi connectivity index (χ1v) is 8.43. The highest BCUT2D eigenvalue weighted by atomic mass is 35.5. The lowest BCUT2D eigenvalue weighted by atomic mass is 10.0. The molecule has 0 fully saturated rings. The molecular formula is C19H13Cl2N3O. The first-order chi connectivity index (χ1) is 12.0. The van der Waals surface area contributed by atoms with Crippen LogP contribution < -0.4 is 5.32 Å². The van der Waals surface area contributed by atoms with Crippen LogP contribution in [-0.2, 0) is 4.79 Å². The number of carbonyl (C=O) groups is 1. The molecule has 0 spiro atoms. The normalized spacial score (nSPS) is 14.7. The Morgan fingerprint density at radius 2 is 1.88 bits per heavy atom. The van der Waals surface area contributed by atoms with E-state index in [4.69, 9.17) is 23.2 Å². The molecule has 0 bridgehead atoms. The smallest absolute Gasteiger partial charge is 0.256 e. The highest BCUT2D eigenvalue weighted by Crippen LogP contribution is 2.36. The summed E-state index contributed by atoms with van der Waals surface area (Å²) in [6.07, 6.45) is 1.77. The van der Waals surface area contributed by atoms with E-state index < -0.39 is 0 Å². The second-order valence-corrected chi connectivity index (χ2v) is 6.53. The second-order valence-electron chi connectivity index (χ2n) is 5.74. The second kappa shape index (κ2) is 6.06. The number of amides is 1. The van der Waals surface area contributed by atoms with Gasteiger partial charge in [-0.25, -0.2) is 4.68 Å². The fourth-order valence-electron chi connectivity index (χ4n) is 2.86. The van der Waals surface area contributed by atoms with E-state index in [0.717, 1.165) is 22.6 Å². The van der Waals surface area contributed by atoms with Gasteiger partial charge in [0, 0.05) is 27.4 Å². The summed E-state index contributed by atoms with van der Waals surface area (Å²) < 4.78 is 1.66. The lowest BCUT2D eigenvalue weighted by Crippen LogP contribution is -2.03. The summed E-state index contributed by atoms with van der Waals surface area (Å²) in [7, 11) is 0. The van der Waals surface area contributed by atoms with Gasteiger partial charge in [-0.3, -0.25) is 4.79 Å². The summed E-state index contributed by atoms with van der Waals surface area (Å²) in [5, 5.41) is 8.37. The van der Waals surface area contributed by atoms with E-state index in [9.17, 15) is 4.79 Å². The summed E-state index contributed by atoms with van der Waals surface area (Å²) in [6.45, 7) is 1.86. The molecule has 0 atom stereocenters. The third-order valence-corrected chi connectivity index (χ3v) is 4.70. The van der Waals surface area contributed by atoms with Crippen molar-refractivity contribution >= 4 is 46.4 Å². The van der Waals surface area contributed by atoms with Gasteiger partial charge in [0.2, 0.25) is 0 Å². The van der Waals surface area contributed by atoms with Gasteiger partial charge in [-0.05, 0) is 43.3 Å². The molecular weight excluding hydrogens is 357 g/mol. The van der Waals surface area contributed by atoms with Crippen molar-refractivity contribution in [2.24, 2.45) is 0 Å². The number of fused-ring (bicyclic) bond motifs is 1. The quantitative estimate of drug-likeness (QED) is 0.647. The van der Waals surface area contributed by atoms with Crippen LogP contribution in [0.2, 0.25) is 10.2 Å². The van der Waals surface area contributed by atoms with Crippen LogP contribution in [0.1, 0.15) is 16.8 Å². The van der Waals surface area contributed by atoms with Gasteiger partial charge in [-0.15, -0.1) is 0 Å². The Bertz CT molecular complexity index is 1020. The Morgan fingerprint density at radius 3 is 2.64 bits per heavy atom. The molecule has 0 aliphatic carbocycles. The SMILES string of the molecule is Cc1nn(-c2ccccc2)c(Cl)c1/C=C1\C(=O)Nc2ccc(Cl)cc21. The molecule has 124 valence electrons. The van der Waals surface area contributed by atoms with E-state index in [-0.39, 0.29) is 5.91 Å². The average molecular weight is 370 g/mol. The lowest BCUT2D eigenvalue weighted by Gasteiger charge is -2.02. The van der Waals surface area contributed by atoms with Crippen LogP contribution in [0, 0.1) is 6.92 Å². The van der Waals surface area contributed by atoms with Crippen LogP contribution in [-0.4, -0.2) is 15.7 Å². The minimum atomic E-state index is -0.180. The van der Waals surface area contributed by atoms with Crippen LogP contribution in [0.4, 0.5) is 5.69 Å². The van der Waals surface area contributed by atoms with Crippen molar-refractivity contribution in [1.29, 1.82) is 0 Å². The summed E-state index contributed by atoms with van der Waals surface area (Å²) >= 11 is 12.6. The third-order valence-electron chi connectivity index (χ3n) is 4.10. The number of hydrogen-bond donors (Lipinski definition) is 1. The van der Waals surface area contributed by atoms with Gasteiger partial charge in [0.1, 0.15) is 5.15 Å². The van der Waals surface area contributed by atoms with Crippen molar-refractivity contribution in [2.75, 3.05) is 5.32 Å². The molecule has 1 N–H and O–H groups in total. The fourth-order valence-corrected chi connectivity index (χ4v) is 3.36. The summed E-state index contributed by atoms with van der Waals surface area (Å²) in [6, 6.07) is 14.9. The largest absolute Gasteiger partial charge is 0.321 e. The number of anilines is 1. The zero-order valence-electron chi connectivity index (χ0n) is 13.3. The Kier molecular flexibility index (Phi) is 3.86. The lowest BCUT2D eigenvalue weighted by molar-refractivity contribution is -0.110. The summed E-state index contributed by atoms with van der Waals surface area (Å²) in [4.78, 5) is 12.4. The Labute approximate surface area is 154 Å². The number of benzene rings is 2. The fraction of sp³-hybridized carbons (Fsp3) is 0.0526. The van der Waals surface area contributed by atoms with E-state index in [1.807, 2.05) is 37.3 Å². The number of hydrogen-bond acceptors (Lipinski definition) is 2. The van der Waals surface area contributed by atoms with Gasteiger partial charge in [-0.2, -0.15) is 5.10 Å². The van der Waals surface area contributed by atoms with Crippen LogP contribution in [0.5, 0.6) is 0 Å². The Morgan fingerprint density at radius 1 is 1.12 bits per heavy atom. The van der Waals surface area contributed by atoms with Crippen LogP contribution in [0.15, 0.2) is 48.5 Å². The molecule has 1 aliphatic rings. The van der Waals surface area contributed by atoms with E-state index in [1.165, 1.54) is 0 Å². The van der Waals surface area contributed by atoms with Crippen molar-refractivity contribution in [3.63, 3.8) is 0 Å². The first-order valence-electron chi connectivity index (χ1n) is 7.68.